The minimum atomic E-state index is -0.901. The van der Waals surface area contributed by atoms with Crippen LogP contribution in [0.15, 0.2) is 23.0 Å². The zero-order chi connectivity index (χ0) is 21.2. The van der Waals surface area contributed by atoms with E-state index in [2.05, 4.69) is 0 Å². The van der Waals surface area contributed by atoms with E-state index in [0.717, 1.165) is 15.7 Å². The molecule has 0 aliphatic carbocycles. The first-order valence-electron chi connectivity index (χ1n) is 9.23. The summed E-state index contributed by atoms with van der Waals surface area (Å²) in [5.74, 6) is -0.278. The van der Waals surface area contributed by atoms with Gasteiger partial charge in [-0.1, -0.05) is 26.0 Å². The number of pyridine rings is 1. The lowest BCUT2D eigenvalue weighted by Gasteiger charge is -2.20. The fourth-order valence-corrected chi connectivity index (χ4v) is 3.08. The Morgan fingerprint density at radius 1 is 1.21 bits per heavy atom. The van der Waals surface area contributed by atoms with Crippen molar-refractivity contribution in [1.82, 2.24) is 4.57 Å². The summed E-state index contributed by atoms with van der Waals surface area (Å²) in [5, 5.41) is 20.1. The van der Waals surface area contributed by atoms with Gasteiger partial charge in [0.2, 0.25) is 11.7 Å². The first-order chi connectivity index (χ1) is 13.1. The van der Waals surface area contributed by atoms with E-state index in [4.69, 9.17) is 4.74 Å². The third-order valence-electron chi connectivity index (χ3n) is 4.82. The molecule has 0 fully saturated rings. The lowest BCUT2D eigenvalue weighted by atomic mass is 9.98. The average molecular weight is 382 g/mol. The highest BCUT2D eigenvalue weighted by Crippen LogP contribution is 2.27. The number of carbonyl (C=O) groups is 1. The van der Waals surface area contributed by atoms with Crippen LogP contribution in [0.1, 0.15) is 53.4 Å². The summed E-state index contributed by atoms with van der Waals surface area (Å²) in [5.41, 5.74) is 1.35. The van der Waals surface area contributed by atoms with Crippen molar-refractivity contribution in [3.05, 3.63) is 56.4 Å². The molecule has 1 aromatic carbocycles. The number of aromatic nitrogens is 1. The van der Waals surface area contributed by atoms with Crippen LogP contribution < -0.4 is 10.3 Å². The Balaban J connectivity index is 2.54. The summed E-state index contributed by atoms with van der Waals surface area (Å²) in [4.78, 5) is 25.6. The van der Waals surface area contributed by atoms with Crippen LogP contribution in [-0.4, -0.2) is 21.6 Å². The molecule has 0 saturated heterocycles. The highest BCUT2D eigenvalue weighted by atomic mass is 16.5. The number of ketones is 1. The quantitative estimate of drug-likeness (QED) is 0.770. The van der Waals surface area contributed by atoms with Gasteiger partial charge < -0.3 is 9.84 Å². The Labute approximate surface area is 165 Å². The van der Waals surface area contributed by atoms with Crippen LogP contribution in [0, 0.1) is 38.0 Å². The lowest BCUT2D eigenvalue weighted by molar-refractivity contribution is 0.0811. The fraction of sp³-hybridized carbons (Fsp3) is 0.409. The van der Waals surface area contributed by atoms with E-state index in [9.17, 15) is 20.0 Å². The van der Waals surface area contributed by atoms with Gasteiger partial charge in [0.25, 0.3) is 5.56 Å². The van der Waals surface area contributed by atoms with Crippen molar-refractivity contribution >= 4 is 5.78 Å². The molecular formula is C22H26N2O4. The van der Waals surface area contributed by atoms with Crippen LogP contribution in [0.4, 0.5) is 0 Å². The Kier molecular flexibility index (Phi) is 6.30. The molecule has 0 bridgehead atoms. The summed E-state index contributed by atoms with van der Waals surface area (Å²) in [7, 11) is 0. The van der Waals surface area contributed by atoms with Crippen molar-refractivity contribution in [2.24, 2.45) is 5.92 Å². The van der Waals surface area contributed by atoms with Gasteiger partial charge in [0, 0.05) is 6.54 Å². The predicted octanol–water partition coefficient (Wildman–Crippen LogP) is 3.66. The smallest absolute Gasteiger partial charge is 0.271 e. The molecule has 0 aliphatic rings. The van der Waals surface area contributed by atoms with Crippen LogP contribution >= 0.6 is 0 Å². The van der Waals surface area contributed by atoms with E-state index in [1.54, 1.807) is 13.0 Å². The van der Waals surface area contributed by atoms with E-state index in [0.29, 0.717) is 5.75 Å². The molecule has 28 heavy (non-hydrogen) atoms. The molecule has 0 spiro atoms. The van der Waals surface area contributed by atoms with Gasteiger partial charge >= 0.3 is 0 Å². The normalized spacial score (nSPS) is 11.9. The summed E-state index contributed by atoms with van der Waals surface area (Å²) in [6, 6.07) is 7.44. The van der Waals surface area contributed by atoms with Gasteiger partial charge in [-0.05, 0) is 56.4 Å². The molecule has 1 aromatic heterocycles. The van der Waals surface area contributed by atoms with Crippen molar-refractivity contribution in [2.75, 3.05) is 0 Å². The van der Waals surface area contributed by atoms with Gasteiger partial charge in [0.1, 0.15) is 17.4 Å². The van der Waals surface area contributed by atoms with E-state index >= 15 is 0 Å². The number of nitriles is 1. The molecule has 6 nitrogen and oxygen atoms in total. The monoisotopic (exact) mass is 382 g/mol. The van der Waals surface area contributed by atoms with Gasteiger partial charge in [-0.15, -0.1) is 0 Å². The van der Waals surface area contributed by atoms with E-state index in [-0.39, 0.29) is 29.2 Å². The third-order valence-corrected chi connectivity index (χ3v) is 4.82. The minimum Gasteiger partial charge on any atom is -0.494 e. The molecule has 1 heterocycles. The number of aromatic hydroxyl groups is 1. The molecule has 1 unspecified atom stereocenters. The summed E-state index contributed by atoms with van der Waals surface area (Å²) in [6.07, 6.45) is -0.901. The van der Waals surface area contributed by atoms with Crippen LogP contribution in [0.5, 0.6) is 11.6 Å². The van der Waals surface area contributed by atoms with Gasteiger partial charge in [-0.2, -0.15) is 5.26 Å². The average Bonchev–Trinajstić information content (AvgIpc) is 2.62. The minimum absolute atomic E-state index is 0.0458. The largest absolute Gasteiger partial charge is 0.494 e. The number of rotatable bonds is 6. The maximum Gasteiger partial charge on any atom is 0.271 e. The van der Waals surface area contributed by atoms with Gasteiger partial charge in [-0.3, -0.25) is 14.2 Å². The molecule has 0 saturated carbocycles. The molecule has 2 rings (SSSR count). The molecule has 148 valence electrons. The van der Waals surface area contributed by atoms with Crippen LogP contribution in [-0.2, 0) is 6.54 Å². The summed E-state index contributed by atoms with van der Waals surface area (Å²) >= 11 is 0. The number of ether oxygens (including phenoxy) is 1. The Morgan fingerprint density at radius 2 is 1.86 bits per heavy atom. The number of Topliss-reactive ketones (excluding diaryl/α,β-unsaturated/α-hetero) is 1. The molecule has 1 N–H and O–H groups in total. The Bertz CT molecular complexity index is 1010. The van der Waals surface area contributed by atoms with Crippen LogP contribution in [0.25, 0.3) is 0 Å². The molecule has 0 aliphatic heterocycles. The number of carbonyl (C=O) groups excluding carboxylic acids is 1. The second kappa shape index (κ2) is 8.30. The van der Waals surface area contributed by atoms with Crippen molar-refractivity contribution in [3.8, 4) is 17.7 Å². The van der Waals surface area contributed by atoms with E-state index in [1.807, 2.05) is 45.9 Å². The topological polar surface area (TPSA) is 92.3 Å². The zero-order valence-electron chi connectivity index (χ0n) is 17.2. The molecule has 1 atom stereocenters. The summed E-state index contributed by atoms with van der Waals surface area (Å²) in [6.45, 7) is 10.9. The number of aryl methyl sites for hydroxylation is 1. The first kappa shape index (κ1) is 21.2. The van der Waals surface area contributed by atoms with Crippen molar-refractivity contribution in [2.45, 2.75) is 54.2 Å². The highest BCUT2D eigenvalue weighted by Gasteiger charge is 2.28. The van der Waals surface area contributed by atoms with E-state index < -0.39 is 23.3 Å². The predicted molar refractivity (Wildman–Crippen MR) is 107 cm³/mol. The van der Waals surface area contributed by atoms with Crippen molar-refractivity contribution in [3.63, 3.8) is 0 Å². The van der Waals surface area contributed by atoms with Crippen LogP contribution in [0.2, 0.25) is 0 Å². The molecule has 6 heteroatoms. The second-order valence-corrected chi connectivity index (χ2v) is 7.44. The molecular weight excluding hydrogens is 356 g/mol. The lowest BCUT2D eigenvalue weighted by Crippen LogP contribution is -2.31. The number of hydrogen-bond donors (Lipinski definition) is 1. The zero-order valence-corrected chi connectivity index (χ0v) is 17.2. The third kappa shape index (κ3) is 3.94. The molecule has 2 aromatic rings. The van der Waals surface area contributed by atoms with Gasteiger partial charge in [0.15, 0.2) is 6.10 Å². The highest BCUT2D eigenvalue weighted by molar-refractivity contribution is 6.03. The number of benzene rings is 1. The fourth-order valence-electron chi connectivity index (χ4n) is 3.08. The maximum absolute atomic E-state index is 13.1. The Morgan fingerprint density at radius 3 is 2.43 bits per heavy atom. The van der Waals surface area contributed by atoms with Crippen LogP contribution in [0.3, 0.4) is 0 Å². The van der Waals surface area contributed by atoms with Gasteiger partial charge in [-0.25, -0.2) is 0 Å². The van der Waals surface area contributed by atoms with Crippen molar-refractivity contribution < 1.29 is 14.6 Å². The molecule has 0 radical (unpaired) electrons. The molecule has 0 amide bonds. The SMILES string of the molecule is Cc1cccc(OC(C)C(=O)c2c(C)c(C#N)c(=O)n(CC(C)C)c2O)c1C. The Hall–Kier alpha value is -3.07. The standard InChI is InChI=1S/C22H26N2O4/c1-12(2)11-24-21(26)17(10-23)15(5)19(22(24)27)20(25)16(6)28-18-9-7-8-13(3)14(18)4/h7-9,12,16,27H,11H2,1-6H3. The van der Waals surface area contributed by atoms with E-state index in [1.165, 1.54) is 6.92 Å². The first-order valence-corrected chi connectivity index (χ1v) is 9.23. The van der Waals surface area contributed by atoms with Gasteiger partial charge in [0.05, 0.1) is 5.56 Å². The maximum atomic E-state index is 13.1. The number of hydrogen-bond acceptors (Lipinski definition) is 5. The summed E-state index contributed by atoms with van der Waals surface area (Å²) < 4.78 is 6.94. The second-order valence-electron chi connectivity index (χ2n) is 7.44. The van der Waals surface area contributed by atoms with Crippen molar-refractivity contribution in [1.29, 1.82) is 5.26 Å². The number of nitrogens with zero attached hydrogens (tertiary/aromatic N) is 2.